The van der Waals surface area contributed by atoms with Crippen LogP contribution in [0.5, 0.6) is 0 Å². The van der Waals surface area contributed by atoms with E-state index in [9.17, 15) is 4.79 Å². The predicted octanol–water partition coefficient (Wildman–Crippen LogP) is 3.24. The fourth-order valence-electron chi connectivity index (χ4n) is 1.29. The quantitative estimate of drug-likeness (QED) is 0.706. The Hall–Kier alpha value is -0.810. The van der Waals surface area contributed by atoms with Crippen molar-refractivity contribution < 1.29 is 9.90 Å². The van der Waals surface area contributed by atoms with E-state index in [4.69, 9.17) is 16.7 Å². The Morgan fingerprint density at radius 2 is 2.19 bits per heavy atom. The Balaban J connectivity index is 1.94. The van der Waals surface area contributed by atoms with Gasteiger partial charge in [0.15, 0.2) is 5.13 Å². The van der Waals surface area contributed by atoms with Crippen LogP contribution in [0.15, 0.2) is 5.38 Å². The predicted molar refractivity (Wildman–Crippen MR) is 66.3 cm³/mol. The van der Waals surface area contributed by atoms with Crippen LogP contribution in [0.2, 0.25) is 5.15 Å². The average molecular weight is 263 g/mol. The lowest BCUT2D eigenvalue weighted by molar-refractivity contribution is -0.137. The standard InChI is InChI=1S/C10H15ClN2O2S/c11-8-7-16-10(13-8)12-6-4-2-1-3-5-9(14)15/h7H,1-6H2,(H,12,13)(H,14,15). The number of aromatic nitrogens is 1. The van der Waals surface area contributed by atoms with Crippen LogP contribution in [0, 0.1) is 0 Å². The van der Waals surface area contributed by atoms with Gasteiger partial charge in [0.2, 0.25) is 0 Å². The van der Waals surface area contributed by atoms with Crippen molar-refractivity contribution in [1.82, 2.24) is 4.98 Å². The third-order valence-electron chi connectivity index (χ3n) is 2.07. The Bertz CT molecular complexity index is 330. The van der Waals surface area contributed by atoms with E-state index in [2.05, 4.69) is 10.3 Å². The molecule has 1 aromatic rings. The maximum Gasteiger partial charge on any atom is 0.303 e. The second kappa shape index (κ2) is 7.46. The summed E-state index contributed by atoms with van der Waals surface area (Å²) in [7, 11) is 0. The Morgan fingerprint density at radius 1 is 1.44 bits per heavy atom. The van der Waals surface area contributed by atoms with Gasteiger partial charge in [0, 0.05) is 18.3 Å². The van der Waals surface area contributed by atoms with E-state index in [1.165, 1.54) is 11.3 Å². The molecule has 0 aliphatic carbocycles. The summed E-state index contributed by atoms with van der Waals surface area (Å²) in [4.78, 5) is 14.3. The number of hydrogen-bond donors (Lipinski definition) is 2. The number of nitrogens with one attached hydrogen (secondary N) is 1. The molecule has 0 saturated carbocycles. The SMILES string of the molecule is O=C(O)CCCCCCNc1nc(Cl)cs1. The van der Waals surface area contributed by atoms with E-state index < -0.39 is 5.97 Å². The number of anilines is 1. The lowest BCUT2D eigenvalue weighted by atomic mass is 10.1. The summed E-state index contributed by atoms with van der Waals surface area (Å²) in [6.07, 6.45) is 4.07. The van der Waals surface area contributed by atoms with Gasteiger partial charge in [-0.05, 0) is 12.8 Å². The molecule has 0 aromatic carbocycles. The van der Waals surface area contributed by atoms with Gasteiger partial charge in [-0.1, -0.05) is 24.4 Å². The smallest absolute Gasteiger partial charge is 0.303 e. The summed E-state index contributed by atoms with van der Waals surface area (Å²) >= 11 is 7.16. The molecule has 2 N–H and O–H groups in total. The molecule has 0 spiro atoms. The highest BCUT2D eigenvalue weighted by atomic mass is 35.5. The number of carbonyl (C=O) groups is 1. The molecule has 0 atom stereocenters. The fraction of sp³-hybridized carbons (Fsp3) is 0.600. The first-order valence-electron chi connectivity index (χ1n) is 5.25. The lowest BCUT2D eigenvalue weighted by Gasteiger charge is -2.01. The topological polar surface area (TPSA) is 62.2 Å². The first kappa shape index (κ1) is 13.3. The van der Waals surface area contributed by atoms with Crippen LogP contribution in [-0.4, -0.2) is 22.6 Å². The fourth-order valence-corrected chi connectivity index (χ4v) is 2.15. The van der Waals surface area contributed by atoms with Crippen LogP contribution in [-0.2, 0) is 4.79 Å². The zero-order valence-electron chi connectivity index (χ0n) is 8.91. The second-order valence-corrected chi connectivity index (χ2v) is 4.71. The Labute approximate surface area is 104 Å². The summed E-state index contributed by atoms with van der Waals surface area (Å²) in [6, 6.07) is 0. The van der Waals surface area contributed by atoms with Crippen molar-refractivity contribution in [2.45, 2.75) is 32.1 Å². The van der Waals surface area contributed by atoms with Crippen molar-refractivity contribution in [1.29, 1.82) is 0 Å². The number of thiazole rings is 1. The van der Waals surface area contributed by atoms with Crippen LogP contribution in [0.4, 0.5) is 5.13 Å². The highest BCUT2D eigenvalue weighted by Gasteiger charge is 1.99. The molecule has 0 saturated heterocycles. The van der Waals surface area contributed by atoms with Crippen molar-refractivity contribution >= 4 is 34.0 Å². The molecule has 6 heteroatoms. The van der Waals surface area contributed by atoms with Crippen LogP contribution < -0.4 is 5.32 Å². The van der Waals surface area contributed by atoms with Crippen molar-refractivity contribution in [3.05, 3.63) is 10.5 Å². The molecule has 4 nitrogen and oxygen atoms in total. The molecule has 0 radical (unpaired) electrons. The van der Waals surface area contributed by atoms with Crippen molar-refractivity contribution in [2.24, 2.45) is 0 Å². The highest BCUT2D eigenvalue weighted by Crippen LogP contribution is 2.18. The summed E-state index contributed by atoms with van der Waals surface area (Å²) in [5.74, 6) is -0.712. The number of nitrogens with zero attached hydrogens (tertiary/aromatic N) is 1. The molecular formula is C10H15ClN2O2S. The molecule has 0 amide bonds. The van der Waals surface area contributed by atoms with Gasteiger partial charge in [0.05, 0.1) is 0 Å². The first-order chi connectivity index (χ1) is 7.68. The number of aliphatic carboxylic acids is 1. The number of carboxylic acids is 1. The van der Waals surface area contributed by atoms with E-state index in [-0.39, 0.29) is 6.42 Å². The van der Waals surface area contributed by atoms with E-state index in [1.807, 2.05) is 0 Å². The number of unbranched alkanes of at least 4 members (excludes halogenated alkanes) is 3. The van der Waals surface area contributed by atoms with Crippen molar-refractivity contribution in [3.8, 4) is 0 Å². The van der Waals surface area contributed by atoms with E-state index >= 15 is 0 Å². The van der Waals surface area contributed by atoms with Gasteiger partial charge in [0.1, 0.15) is 5.15 Å². The minimum absolute atomic E-state index is 0.273. The minimum Gasteiger partial charge on any atom is -0.481 e. The molecule has 0 unspecified atom stereocenters. The number of hydrogen-bond acceptors (Lipinski definition) is 4. The van der Waals surface area contributed by atoms with Crippen molar-refractivity contribution in [2.75, 3.05) is 11.9 Å². The summed E-state index contributed by atoms with van der Waals surface area (Å²) < 4.78 is 0. The molecule has 1 rings (SSSR count). The third-order valence-corrected chi connectivity index (χ3v) is 3.19. The molecule has 16 heavy (non-hydrogen) atoms. The Kier molecular flexibility index (Phi) is 6.18. The van der Waals surface area contributed by atoms with Crippen molar-refractivity contribution in [3.63, 3.8) is 0 Å². The molecule has 0 aliphatic heterocycles. The summed E-state index contributed by atoms with van der Waals surface area (Å²) in [6.45, 7) is 0.858. The molecule has 1 aromatic heterocycles. The number of rotatable bonds is 8. The van der Waals surface area contributed by atoms with Crippen LogP contribution >= 0.6 is 22.9 Å². The molecule has 1 heterocycles. The molecule has 0 fully saturated rings. The van der Waals surface area contributed by atoms with Gasteiger partial charge in [-0.25, -0.2) is 4.98 Å². The molecule has 90 valence electrons. The monoisotopic (exact) mass is 262 g/mol. The summed E-state index contributed by atoms with van der Waals surface area (Å²) in [5, 5.41) is 14.8. The summed E-state index contributed by atoms with van der Waals surface area (Å²) in [5.41, 5.74) is 0. The third kappa shape index (κ3) is 5.92. The number of carboxylic acid groups (broad SMARTS) is 1. The first-order valence-corrected chi connectivity index (χ1v) is 6.51. The number of halogens is 1. The van der Waals surface area contributed by atoms with Crippen LogP contribution in [0.1, 0.15) is 32.1 Å². The molecule has 0 aliphatic rings. The molecular weight excluding hydrogens is 248 g/mol. The van der Waals surface area contributed by atoms with Gasteiger partial charge < -0.3 is 10.4 Å². The second-order valence-electron chi connectivity index (χ2n) is 3.46. The zero-order valence-corrected chi connectivity index (χ0v) is 10.5. The normalized spacial score (nSPS) is 10.3. The molecule has 0 bridgehead atoms. The van der Waals surface area contributed by atoms with Gasteiger partial charge >= 0.3 is 5.97 Å². The highest BCUT2D eigenvalue weighted by molar-refractivity contribution is 7.14. The van der Waals surface area contributed by atoms with Gasteiger partial charge in [-0.15, -0.1) is 11.3 Å². The van der Waals surface area contributed by atoms with E-state index in [0.29, 0.717) is 5.15 Å². The van der Waals surface area contributed by atoms with Gasteiger partial charge in [-0.2, -0.15) is 0 Å². The minimum atomic E-state index is -0.712. The van der Waals surface area contributed by atoms with Gasteiger partial charge in [0.25, 0.3) is 0 Å². The lowest BCUT2D eigenvalue weighted by Crippen LogP contribution is -2.01. The Morgan fingerprint density at radius 3 is 2.81 bits per heavy atom. The maximum atomic E-state index is 10.2. The van der Waals surface area contributed by atoms with Crippen LogP contribution in [0.3, 0.4) is 0 Å². The maximum absolute atomic E-state index is 10.2. The zero-order chi connectivity index (χ0) is 11.8. The average Bonchev–Trinajstić information content (AvgIpc) is 2.62. The van der Waals surface area contributed by atoms with E-state index in [1.54, 1.807) is 5.38 Å². The van der Waals surface area contributed by atoms with Gasteiger partial charge in [-0.3, -0.25) is 4.79 Å². The van der Waals surface area contributed by atoms with Crippen LogP contribution in [0.25, 0.3) is 0 Å². The largest absolute Gasteiger partial charge is 0.481 e. The van der Waals surface area contributed by atoms with E-state index in [0.717, 1.165) is 37.4 Å².